The first-order chi connectivity index (χ1) is 12.4. The minimum absolute atomic E-state index is 0.199. The van der Waals surface area contributed by atoms with Gasteiger partial charge in [0, 0.05) is 46.3 Å². The lowest BCUT2D eigenvalue weighted by Gasteiger charge is -2.34. The molecule has 0 bridgehead atoms. The molecule has 0 N–H and O–H groups in total. The number of rotatable bonds is 5. The van der Waals surface area contributed by atoms with Gasteiger partial charge >= 0.3 is 0 Å². The highest BCUT2D eigenvalue weighted by Gasteiger charge is 2.31. The predicted molar refractivity (Wildman–Crippen MR) is 100 cm³/mol. The van der Waals surface area contributed by atoms with Gasteiger partial charge in [-0.3, -0.25) is 0 Å². The van der Waals surface area contributed by atoms with E-state index in [2.05, 4.69) is 10.2 Å². The van der Waals surface area contributed by atoms with Gasteiger partial charge in [0.25, 0.3) is 0 Å². The number of methoxy groups -OCH3 is 1. The van der Waals surface area contributed by atoms with Crippen LogP contribution in [0.3, 0.4) is 0 Å². The fourth-order valence-corrected chi connectivity index (χ4v) is 4.45. The number of hydrogen-bond donors (Lipinski definition) is 0. The lowest BCUT2D eigenvalue weighted by Crippen LogP contribution is -2.49. The molecule has 2 heterocycles. The van der Waals surface area contributed by atoms with Crippen LogP contribution in [0.2, 0.25) is 0 Å². The van der Waals surface area contributed by atoms with Crippen LogP contribution in [-0.2, 0) is 10.0 Å². The fourth-order valence-electron chi connectivity index (χ4n) is 2.87. The standard InChI is InChI=1S/C17H23N5O3S/c1-20(2)14-12-17(19-18-13-14)21-8-10-22(11-9-21)26(23,24)16-7-5-4-6-15(16)25-3/h4-7,12-13H,8-11H2,1-3H3. The van der Waals surface area contributed by atoms with Crippen molar-refractivity contribution in [2.75, 3.05) is 57.2 Å². The molecule has 1 fully saturated rings. The third-order valence-corrected chi connectivity index (χ3v) is 6.33. The van der Waals surface area contributed by atoms with Gasteiger partial charge in [0.1, 0.15) is 10.6 Å². The maximum Gasteiger partial charge on any atom is 0.246 e. The number of sulfonamides is 1. The number of benzene rings is 1. The summed E-state index contributed by atoms with van der Waals surface area (Å²) in [6.07, 6.45) is 1.70. The molecule has 2 aromatic rings. The van der Waals surface area contributed by atoms with Crippen molar-refractivity contribution in [3.05, 3.63) is 36.5 Å². The summed E-state index contributed by atoms with van der Waals surface area (Å²) in [6.45, 7) is 1.88. The summed E-state index contributed by atoms with van der Waals surface area (Å²) >= 11 is 0. The molecule has 1 saturated heterocycles. The zero-order chi connectivity index (χ0) is 18.7. The molecular weight excluding hydrogens is 354 g/mol. The second kappa shape index (κ2) is 7.46. The number of ether oxygens (including phenoxy) is 1. The van der Waals surface area contributed by atoms with E-state index in [-0.39, 0.29) is 4.90 Å². The molecule has 1 aliphatic heterocycles. The summed E-state index contributed by atoms with van der Waals surface area (Å²) in [5, 5.41) is 8.22. The quantitative estimate of drug-likeness (QED) is 0.771. The van der Waals surface area contributed by atoms with Crippen LogP contribution in [0.15, 0.2) is 41.4 Å². The highest BCUT2D eigenvalue weighted by molar-refractivity contribution is 7.89. The van der Waals surface area contributed by atoms with Crippen LogP contribution in [0, 0.1) is 0 Å². The Kier molecular flexibility index (Phi) is 5.28. The highest BCUT2D eigenvalue weighted by atomic mass is 32.2. The number of anilines is 2. The van der Waals surface area contributed by atoms with Gasteiger partial charge in [-0.15, -0.1) is 5.10 Å². The van der Waals surface area contributed by atoms with Gasteiger partial charge in [-0.1, -0.05) is 12.1 Å². The Hall–Kier alpha value is -2.39. The molecule has 1 aromatic heterocycles. The fraction of sp³-hybridized carbons (Fsp3) is 0.412. The number of piperazine rings is 1. The SMILES string of the molecule is COc1ccccc1S(=O)(=O)N1CCN(c2cc(N(C)C)cnn2)CC1. The average molecular weight is 377 g/mol. The molecule has 0 spiro atoms. The van der Waals surface area contributed by atoms with Crippen molar-refractivity contribution < 1.29 is 13.2 Å². The van der Waals surface area contributed by atoms with E-state index in [1.165, 1.54) is 11.4 Å². The monoisotopic (exact) mass is 377 g/mol. The normalized spacial score (nSPS) is 15.7. The number of para-hydroxylation sites is 1. The predicted octanol–water partition coefficient (Wildman–Crippen LogP) is 1.06. The van der Waals surface area contributed by atoms with Crippen molar-refractivity contribution in [2.45, 2.75) is 4.90 Å². The van der Waals surface area contributed by atoms with Crippen molar-refractivity contribution in [2.24, 2.45) is 0 Å². The molecule has 3 rings (SSSR count). The molecule has 0 aliphatic carbocycles. The van der Waals surface area contributed by atoms with Gasteiger partial charge in [0.05, 0.1) is 19.0 Å². The second-order valence-corrected chi connectivity index (χ2v) is 8.11. The molecule has 1 aliphatic rings. The summed E-state index contributed by atoms with van der Waals surface area (Å²) in [5.74, 6) is 1.12. The summed E-state index contributed by atoms with van der Waals surface area (Å²) < 4.78 is 32.6. The third-order valence-electron chi connectivity index (χ3n) is 4.39. The summed E-state index contributed by atoms with van der Waals surface area (Å²) in [4.78, 5) is 4.21. The van der Waals surface area contributed by atoms with Crippen LogP contribution in [-0.4, -0.2) is 70.3 Å². The molecule has 0 amide bonds. The van der Waals surface area contributed by atoms with Crippen molar-refractivity contribution >= 4 is 21.5 Å². The Balaban J connectivity index is 1.75. The van der Waals surface area contributed by atoms with Gasteiger partial charge in [-0.05, 0) is 12.1 Å². The van der Waals surface area contributed by atoms with Crippen LogP contribution in [0.4, 0.5) is 11.5 Å². The van der Waals surface area contributed by atoms with E-state index in [1.54, 1.807) is 30.5 Å². The molecule has 1 aromatic carbocycles. The number of nitrogens with zero attached hydrogens (tertiary/aromatic N) is 5. The minimum Gasteiger partial charge on any atom is -0.495 e. The first kappa shape index (κ1) is 18.4. The lowest BCUT2D eigenvalue weighted by molar-refractivity contribution is 0.373. The van der Waals surface area contributed by atoms with E-state index >= 15 is 0 Å². The van der Waals surface area contributed by atoms with E-state index < -0.39 is 10.0 Å². The average Bonchev–Trinajstić information content (AvgIpc) is 2.68. The van der Waals surface area contributed by atoms with Gasteiger partial charge in [0.2, 0.25) is 10.0 Å². The zero-order valence-electron chi connectivity index (χ0n) is 15.2. The summed E-state index contributed by atoms with van der Waals surface area (Å²) in [6, 6.07) is 8.65. The third kappa shape index (κ3) is 3.58. The van der Waals surface area contributed by atoms with Crippen LogP contribution >= 0.6 is 0 Å². The molecule has 140 valence electrons. The van der Waals surface area contributed by atoms with E-state index in [0.717, 1.165) is 11.5 Å². The molecule has 0 radical (unpaired) electrons. The first-order valence-electron chi connectivity index (χ1n) is 8.31. The molecule has 26 heavy (non-hydrogen) atoms. The Bertz CT molecular complexity index is 864. The molecule has 0 atom stereocenters. The van der Waals surface area contributed by atoms with Crippen LogP contribution < -0.4 is 14.5 Å². The number of aromatic nitrogens is 2. The molecular formula is C17H23N5O3S. The van der Waals surface area contributed by atoms with E-state index in [4.69, 9.17) is 4.74 Å². The summed E-state index contributed by atoms with van der Waals surface area (Å²) in [5.41, 5.74) is 0.957. The maximum absolute atomic E-state index is 12.9. The van der Waals surface area contributed by atoms with Gasteiger partial charge in [-0.25, -0.2) is 8.42 Å². The Morgan fingerprint density at radius 1 is 1.12 bits per heavy atom. The maximum atomic E-state index is 12.9. The van der Waals surface area contributed by atoms with Crippen LogP contribution in [0.5, 0.6) is 5.75 Å². The smallest absolute Gasteiger partial charge is 0.246 e. The lowest BCUT2D eigenvalue weighted by atomic mass is 10.3. The largest absolute Gasteiger partial charge is 0.495 e. The Labute approximate surface area is 154 Å². The minimum atomic E-state index is -3.59. The molecule has 9 heteroatoms. The highest BCUT2D eigenvalue weighted by Crippen LogP contribution is 2.27. The van der Waals surface area contributed by atoms with Gasteiger partial charge in [0.15, 0.2) is 5.82 Å². The van der Waals surface area contributed by atoms with Gasteiger partial charge in [-0.2, -0.15) is 9.40 Å². The molecule has 0 saturated carbocycles. The van der Waals surface area contributed by atoms with E-state index in [9.17, 15) is 8.42 Å². The first-order valence-corrected chi connectivity index (χ1v) is 9.75. The van der Waals surface area contributed by atoms with E-state index in [1.807, 2.05) is 30.0 Å². The number of hydrogen-bond acceptors (Lipinski definition) is 7. The Morgan fingerprint density at radius 2 is 1.81 bits per heavy atom. The second-order valence-electron chi connectivity index (χ2n) is 6.21. The van der Waals surface area contributed by atoms with Crippen molar-refractivity contribution in [1.29, 1.82) is 0 Å². The molecule has 0 unspecified atom stereocenters. The van der Waals surface area contributed by atoms with Crippen molar-refractivity contribution in [1.82, 2.24) is 14.5 Å². The topological polar surface area (TPSA) is 78.9 Å². The van der Waals surface area contributed by atoms with Crippen LogP contribution in [0.1, 0.15) is 0 Å². The van der Waals surface area contributed by atoms with E-state index in [0.29, 0.717) is 31.9 Å². The zero-order valence-corrected chi connectivity index (χ0v) is 16.0. The summed E-state index contributed by atoms with van der Waals surface area (Å²) in [7, 11) is 1.77. The van der Waals surface area contributed by atoms with Crippen molar-refractivity contribution in [3.63, 3.8) is 0 Å². The molecule has 8 nitrogen and oxygen atoms in total. The van der Waals surface area contributed by atoms with Crippen molar-refractivity contribution in [3.8, 4) is 5.75 Å². The Morgan fingerprint density at radius 3 is 2.46 bits per heavy atom. The van der Waals surface area contributed by atoms with Crippen LogP contribution in [0.25, 0.3) is 0 Å². The van der Waals surface area contributed by atoms with Gasteiger partial charge < -0.3 is 14.5 Å².